The summed E-state index contributed by atoms with van der Waals surface area (Å²) in [6.07, 6.45) is 3.74. The zero-order valence-electron chi connectivity index (χ0n) is 11.2. The summed E-state index contributed by atoms with van der Waals surface area (Å²) in [7, 11) is 0. The highest BCUT2D eigenvalue weighted by Crippen LogP contribution is 2.27. The molecule has 104 valence electrons. The molecule has 0 unspecified atom stereocenters. The first-order valence-corrected chi connectivity index (χ1v) is 6.88. The van der Waals surface area contributed by atoms with Gasteiger partial charge in [0, 0.05) is 11.7 Å². The Kier molecular flexibility index (Phi) is 4.40. The van der Waals surface area contributed by atoms with E-state index in [4.69, 9.17) is 5.11 Å². The molecule has 2 rings (SSSR count). The third-order valence-corrected chi connectivity index (χ3v) is 3.88. The van der Waals surface area contributed by atoms with Gasteiger partial charge in [0.2, 0.25) is 0 Å². The number of anilines is 1. The zero-order valence-corrected chi connectivity index (χ0v) is 11.2. The van der Waals surface area contributed by atoms with Gasteiger partial charge >= 0.3 is 5.97 Å². The molecule has 3 nitrogen and oxygen atoms in total. The normalized spacial score (nSPS) is 23.1. The summed E-state index contributed by atoms with van der Waals surface area (Å²) < 4.78 is 13.7. The van der Waals surface area contributed by atoms with E-state index in [1.165, 1.54) is 6.07 Å². The molecule has 1 aromatic rings. The summed E-state index contributed by atoms with van der Waals surface area (Å²) in [6, 6.07) is 5.48. The SMILES string of the molecule is CCc1ccc(NC2CCC(C(=O)O)CC2)cc1F. The van der Waals surface area contributed by atoms with Crippen LogP contribution >= 0.6 is 0 Å². The number of hydrogen-bond donors (Lipinski definition) is 2. The lowest BCUT2D eigenvalue weighted by Crippen LogP contribution is -2.29. The van der Waals surface area contributed by atoms with Crippen LogP contribution in [0, 0.1) is 11.7 Å². The van der Waals surface area contributed by atoms with Crippen molar-refractivity contribution in [1.29, 1.82) is 0 Å². The molecular formula is C15H20FNO2. The van der Waals surface area contributed by atoms with Gasteiger partial charge in [-0.25, -0.2) is 4.39 Å². The third kappa shape index (κ3) is 3.46. The molecule has 1 aromatic carbocycles. The Labute approximate surface area is 112 Å². The van der Waals surface area contributed by atoms with Crippen LogP contribution in [0.2, 0.25) is 0 Å². The highest BCUT2D eigenvalue weighted by Gasteiger charge is 2.25. The Morgan fingerprint density at radius 2 is 2.05 bits per heavy atom. The maximum Gasteiger partial charge on any atom is 0.306 e. The van der Waals surface area contributed by atoms with Gasteiger partial charge < -0.3 is 10.4 Å². The van der Waals surface area contributed by atoms with Crippen molar-refractivity contribution in [3.8, 4) is 0 Å². The monoisotopic (exact) mass is 265 g/mol. The summed E-state index contributed by atoms with van der Waals surface area (Å²) in [4.78, 5) is 10.9. The van der Waals surface area contributed by atoms with E-state index in [-0.39, 0.29) is 17.8 Å². The van der Waals surface area contributed by atoms with E-state index in [0.29, 0.717) is 19.3 Å². The molecular weight excluding hydrogens is 245 g/mol. The number of nitrogens with one attached hydrogen (secondary N) is 1. The number of rotatable bonds is 4. The van der Waals surface area contributed by atoms with E-state index in [0.717, 1.165) is 24.1 Å². The average molecular weight is 265 g/mol. The summed E-state index contributed by atoms with van der Waals surface area (Å²) in [6.45, 7) is 1.93. The van der Waals surface area contributed by atoms with Crippen molar-refractivity contribution in [2.45, 2.75) is 45.1 Å². The molecule has 1 saturated carbocycles. The second-order valence-electron chi connectivity index (χ2n) is 5.19. The quantitative estimate of drug-likeness (QED) is 0.876. The molecule has 1 fully saturated rings. The Morgan fingerprint density at radius 3 is 2.58 bits per heavy atom. The lowest BCUT2D eigenvalue weighted by Gasteiger charge is -2.27. The van der Waals surface area contributed by atoms with Crippen molar-refractivity contribution in [3.05, 3.63) is 29.6 Å². The number of aryl methyl sites for hydroxylation is 1. The molecule has 0 atom stereocenters. The van der Waals surface area contributed by atoms with Gasteiger partial charge in [-0.2, -0.15) is 0 Å². The van der Waals surface area contributed by atoms with Crippen molar-refractivity contribution in [2.24, 2.45) is 5.92 Å². The van der Waals surface area contributed by atoms with Crippen LogP contribution in [0.15, 0.2) is 18.2 Å². The van der Waals surface area contributed by atoms with Crippen LogP contribution in [-0.4, -0.2) is 17.1 Å². The van der Waals surface area contributed by atoms with Crippen LogP contribution in [0.25, 0.3) is 0 Å². The van der Waals surface area contributed by atoms with E-state index in [1.54, 1.807) is 6.07 Å². The van der Waals surface area contributed by atoms with E-state index in [9.17, 15) is 9.18 Å². The van der Waals surface area contributed by atoms with Gasteiger partial charge in [-0.3, -0.25) is 4.79 Å². The molecule has 4 heteroatoms. The van der Waals surface area contributed by atoms with E-state index >= 15 is 0 Å². The van der Waals surface area contributed by atoms with Crippen molar-refractivity contribution >= 4 is 11.7 Å². The molecule has 0 heterocycles. The molecule has 0 amide bonds. The standard InChI is InChI=1S/C15H20FNO2/c1-2-10-3-8-13(9-14(10)16)17-12-6-4-11(5-7-12)15(18)19/h3,8-9,11-12,17H,2,4-7H2,1H3,(H,18,19). The van der Waals surface area contributed by atoms with Crippen LogP contribution in [0.4, 0.5) is 10.1 Å². The number of carboxylic acid groups (broad SMARTS) is 1. The van der Waals surface area contributed by atoms with Gasteiger partial charge in [0.05, 0.1) is 5.92 Å². The Hall–Kier alpha value is -1.58. The van der Waals surface area contributed by atoms with E-state index < -0.39 is 5.97 Å². The minimum atomic E-state index is -0.697. The highest BCUT2D eigenvalue weighted by atomic mass is 19.1. The summed E-state index contributed by atoms with van der Waals surface area (Å²) >= 11 is 0. The molecule has 0 aromatic heterocycles. The fourth-order valence-electron chi connectivity index (χ4n) is 2.64. The molecule has 1 aliphatic carbocycles. The van der Waals surface area contributed by atoms with Crippen LogP contribution < -0.4 is 5.32 Å². The Morgan fingerprint density at radius 1 is 1.37 bits per heavy atom. The van der Waals surface area contributed by atoms with Crippen LogP contribution in [-0.2, 0) is 11.2 Å². The second kappa shape index (κ2) is 6.04. The first-order chi connectivity index (χ1) is 9.10. The average Bonchev–Trinajstić information content (AvgIpc) is 2.39. The smallest absolute Gasteiger partial charge is 0.306 e. The Balaban J connectivity index is 1.92. The van der Waals surface area contributed by atoms with E-state index in [2.05, 4.69) is 5.32 Å². The largest absolute Gasteiger partial charge is 0.481 e. The molecule has 1 aliphatic rings. The minimum absolute atomic E-state index is 0.174. The number of aliphatic carboxylic acids is 1. The molecule has 0 saturated heterocycles. The summed E-state index contributed by atoms with van der Waals surface area (Å²) in [5.41, 5.74) is 1.51. The van der Waals surface area contributed by atoms with Crippen LogP contribution in [0.1, 0.15) is 38.2 Å². The van der Waals surface area contributed by atoms with Crippen LogP contribution in [0.5, 0.6) is 0 Å². The lowest BCUT2D eigenvalue weighted by molar-refractivity contribution is -0.142. The van der Waals surface area contributed by atoms with Gasteiger partial charge in [0.15, 0.2) is 0 Å². The number of benzene rings is 1. The fourth-order valence-corrected chi connectivity index (χ4v) is 2.64. The second-order valence-corrected chi connectivity index (χ2v) is 5.19. The first-order valence-electron chi connectivity index (χ1n) is 6.88. The number of hydrogen-bond acceptors (Lipinski definition) is 2. The maximum atomic E-state index is 13.7. The minimum Gasteiger partial charge on any atom is -0.481 e. The number of halogens is 1. The van der Waals surface area contributed by atoms with Crippen LogP contribution in [0.3, 0.4) is 0 Å². The summed E-state index contributed by atoms with van der Waals surface area (Å²) in [5, 5.41) is 12.2. The zero-order chi connectivity index (χ0) is 13.8. The Bertz CT molecular complexity index is 453. The molecule has 0 spiro atoms. The fraction of sp³-hybridized carbons (Fsp3) is 0.533. The highest BCUT2D eigenvalue weighted by molar-refractivity contribution is 5.70. The molecule has 0 aliphatic heterocycles. The van der Waals surface area contributed by atoms with E-state index in [1.807, 2.05) is 13.0 Å². The third-order valence-electron chi connectivity index (χ3n) is 3.88. The lowest BCUT2D eigenvalue weighted by atomic mass is 9.86. The molecule has 0 bridgehead atoms. The molecule has 19 heavy (non-hydrogen) atoms. The van der Waals surface area contributed by atoms with Crippen molar-refractivity contribution in [2.75, 3.05) is 5.32 Å². The number of carboxylic acids is 1. The van der Waals surface area contributed by atoms with Crippen molar-refractivity contribution in [3.63, 3.8) is 0 Å². The number of carbonyl (C=O) groups is 1. The molecule has 0 radical (unpaired) electrons. The summed E-state index contributed by atoms with van der Waals surface area (Å²) in [5.74, 6) is -1.08. The predicted octanol–water partition coefficient (Wildman–Crippen LogP) is 3.44. The van der Waals surface area contributed by atoms with Crippen molar-refractivity contribution in [1.82, 2.24) is 0 Å². The van der Waals surface area contributed by atoms with Gasteiger partial charge in [0.25, 0.3) is 0 Å². The molecule has 2 N–H and O–H groups in total. The van der Waals surface area contributed by atoms with Gasteiger partial charge in [-0.15, -0.1) is 0 Å². The van der Waals surface area contributed by atoms with Crippen molar-refractivity contribution < 1.29 is 14.3 Å². The maximum absolute atomic E-state index is 13.7. The van der Waals surface area contributed by atoms with Gasteiger partial charge in [-0.1, -0.05) is 13.0 Å². The first kappa shape index (κ1) is 13.8. The topological polar surface area (TPSA) is 49.3 Å². The predicted molar refractivity (Wildman–Crippen MR) is 72.8 cm³/mol. The van der Waals surface area contributed by atoms with Gasteiger partial charge in [0.1, 0.15) is 5.82 Å². The van der Waals surface area contributed by atoms with Gasteiger partial charge in [-0.05, 0) is 49.8 Å².